The Hall–Kier alpha value is -3.00. The number of anilines is 1. The highest BCUT2D eigenvalue weighted by atomic mass is 32.1. The molecule has 0 unspecified atom stereocenters. The van der Waals surface area contributed by atoms with Gasteiger partial charge in [-0.05, 0) is 48.9 Å². The number of hydrogen-bond acceptors (Lipinski definition) is 6. The summed E-state index contributed by atoms with van der Waals surface area (Å²) in [5.74, 6) is 0.631. The smallest absolute Gasteiger partial charge is 0.251 e. The van der Waals surface area contributed by atoms with Crippen LogP contribution in [0.25, 0.3) is 10.2 Å². The Bertz CT molecular complexity index is 1060. The first-order valence-electron chi connectivity index (χ1n) is 10.2. The third-order valence-corrected chi connectivity index (χ3v) is 6.41. The Kier molecular flexibility index (Phi) is 6.23. The fourth-order valence-corrected chi connectivity index (χ4v) is 4.93. The molecule has 2 heterocycles. The summed E-state index contributed by atoms with van der Waals surface area (Å²) in [5, 5.41) is 10.1. The maximum atomic E-state index is 12.2. The molecule has 2 amide bonds. The van der Waals surface area contributed by atoms with E-state index >= 15 is 0 Å². The number of nitrogens with one attached hydrogen (secondary N) is 3. The number of thiophene rings is 1. The van der Waals surface area contributed by atoms with Crippen molar-refractivity contribution in [1.29, 1.82) is 0 Å². The molecule has 1 aliphatic carbocycles. The second-order valence-corrected chi connectivity index (χ2v) is 8.49. The van der Waals surface area contributed by atoms with Gasteiger partial charge < -0.3 is 16.0 Å². The van der Waals surface area contributed by atoms with Crippen LogP contribution >= 0.6 is 11.3 Å². The number of rotatable bonds is 7. The van der Waals surface area contributed by atoms with E-state index in [1.54, 1.807) is 17.7 Å². The Morgan fingerprint density at radius 3 is 2.60 bits per heavy atom. The van der Waals surface area contributed by atoms with Crippen molar-refractivity contribution in [3.63, 3.8) is 0 Å². The van der Waals surface area contributed by atoms with Crippen molar-refractivity contribution >= 4 is 39.2 Å². The molecule has 7 nitrogen and oxygen atoms in total. The minimum Gasteiger partial charge on any atom is -0.365 e. The maximum absolute atomic E-state index is 12.2. The second kappa shape index (κ2) is 9.21. The zero-order valence-corrected chi connectivity index (χ0v) is 17.8. The summed E-state index contributed by atoms with van der Waals surface area (Å²) in [7, 11) is 0. The molecule has 0 saturated heterocycles. The number of benzene rings is 1. The molecule has 0 fully saturated rings. The number of carbonyl (C=O) groups excluding carboxylic acids is 2. The maximum Gasteiger partial charge on any atom is 0.251 e. The van der Waals surface area contributed by atoms with E-state index in [1.807, 2.05) is 24.3 Å². The number of nitrogens with zero attached hydrogens (tertiary/aromatic N) is 2. The van der Waals surface area contributed by atoms with Gasteiger partial charge in [0, 0.05) is 37.0 Å². The Balaban J connectivity index is 1.38. The van der Waals surface area contributed by atoms with Crippen LogP contribution in [0.4, 0.5) is 5.82 Å². The van der Waals surface area contributed by atoms with E-state index in [2.05, 4.69) is 25.9 Å². The lowest BCUT2D eigenvalue weighted by Gasteiger charge is -2.12. The molecule has 8 heteroatoms. The molecule has 3 N–H and O–H groups in total. The van der Waals surface area contributed by atoms with Crippen molar-refractivity contribution in [2.24, 2.45) is 0 Å². The van der Waals surface area contributed by atoms with E-state index < -0.39 is 0 Å². The second-order valence-electron chi connectivity index (χ2n) is 7.40. The monoisotopic (exact) mass is 423 g/mol. The Labute approximate surface area is 179 Å². The van der Waals surface area contributed by atoms with E-state index in [4.69, 9.17) is 0 Å². The third kappa shape index (κ3) is 4.59. The Morgan fingerprint density at radius 1 is 1.03 bits per heavy atom. The first-order chi connectivity index (χ1) is 14.6. The quantitative estimate of drug-likeness (QED) is 0.508. The molecule has 156 valence electrons. The van der Waals surface area contributed by atoms with Gasteiger partial charge in [0.15, 0.2) is 0 Å². The molecular formula is C22H25N5O2S. The van der Waals surface area contributed by atoms with Gasteiger partial charge >= 0.3 is 0 Å². The zero-order valence-electron chi connectivity index (χ0n) is 17.0. The number of carbonyl (C=O) groups is 2. The summed E-state index contributed by atoms with van der Waals surface area (Å²) < 4.78 is 0. The fraction of sp³-hybridized carbons (Fsp3) is 0.364. The largest absolute Gasteiger partial charge is 0.365 e. The molecule has 4 rings (SSSR count). The van der Waals surface area contributed by atoms with Gasteiger partial charge in [-0.25, -0.2) is 9.97 Å². The van der Waals surface area contributed by atoms with Gasteiger partial charge in [0.2, 0.25) is 5.91 Å². The number of hydrogen-bond donors (Lipinski definition) is 3. The van der Waals surface area contributed by atoms with Gasteiger partial charge in [-0.15, -0.1) is 11.3 Å². The summed E-state index contributed by atoms with van der Waals surface area (Å²) in [6.45, 7) is 2.90. The molecule has 1 aliphatic rings. The van der Waals surface area contributed by atoms with Crippen molar-refractivity contribution in [2.45, 2.75) is 39.2 Å². The molecule has 30 heavy (non-hydrogen) atoms. The van der Waals surface area contributed by atoms with Gasteiger partial charge in [-0.1, -0.05) is 12.1 Å². The van der Waals surface area contributed by atoms with Crippen LogP contribution < -0.4 is 16.0 Å². The summed E-state index contributed by atoms with van der Waals surface area (Å²) in [6, 6.07) is 7.51. The summed E-state index contributed by atoms with van der Waals surface area (Å²) in [4.78, 5) is 34.5. The topological polar surface area (TPSA) is 96.0 Å². The van der Waals surface area contributed by atoms with E-state index in [9.17, 15) is 9.59 Å². The average Bonchev–Trinajstić information content (AvgIpc) is 3.14. The molecule has 0 aliphatic heterocycles. The number of aryl methyl sites for hydroxylation is 2. The molecule has 0 saturated carbocycles. The van der Waals surface area contributed by atoms with Crippen molar-refractivity contribution < 1.29 is 9.59 Å². The van der Waals surface area contributed by atoms with Gasteiger partial charge in [-0.3, -0.25) is 9.59 Å². The van der Waals surface area contributed by atoms with Crippen LogP contribution in [0, 0.1) is 0 Å². The fourth-order valence-electron chi connectivity index (χ4n) is 3.70. The molecule has 3 aromatic rings. The lowest BCUT2D eigenvalue weighted by atomic mass is 9.97. The average molecular weight is 424 g/mol. The van der Waals surface area contributed by atoms with Crippen LogP contribution in [0.2, 0.25) is 0 Å². The normalized spacial score (nSPS) is 13.0. The minimum atomic E-state index is -0.151. The molecule has 0 atom stereocenters. The minimum absolute atomic E-state index is 0.106. The highest BCUT2D eigenvalue weighted by Crippen LogP contribution is 2.38. The number of amides is 2. The molecule has 0 bridgehead atoms. The van der Waals surface area contributed by atoms with E-state index in [0.29, 0.717) is 25.2 Å². The highest BCUT2D eigenvalue weighted by molar-refractivity contribution is 7.19. The first kappa shape index (κ1) is 20.3. The molecule has 2 aromatic heterocycles. The zero-order chi connectivity index (χ0) is 20.9. The lowest BCUT2D eigenvalue weighted by molar-refractivity contribution is -0.118. The van der Waals surface area contributed by atoms with Crippen molar-refractivity contribution in [3.05, 3.63) is 52.2 Å². The van der Waals surface area contributed by atoms with Gasteiger partial charge in [0.25, 0.3) is 5.91 Å². The SMILES string of the molecule is CC(=O)NCCNC(=O)c1ccc(CNc2ncnc3sc4c(c23)CCCC4)cc1. The lowest BCUT2D eigenvalue weighted by Crippen LogP contribution is -2.33. The third-order valence-electron chi connectivity index (χ3n) is 5.21. The molecule has 1 aromatic carbocycles. The van der Waals surface area contributed by atoms with Crippen LogP contribution in [-0.4, -0.2) is 34.9 Å². The van der Waals surface area contributed by atoms with E-state index in [1.165, 1.54) is 35.6 Å². The van der Waals surface area contributed by atoms with Crippen LogP contribution in [0.5, 0.6) is 0 Å². The molecule has 0 radical (unpaired) electrons. The predicted octanol–water partition coefficient (Wildman–Crippen LogP) is 3.05. The van der Waals surface area contributed by atoms with Gasteiger partial charge in [0.05, 0.1) is 5.39 Å². The molecular weight excluding hydrogens is 398 g/mol. The van der Waals surface area contributed by atoms with Crippen LogP contribution in [-0.2, 0) is 24.2 Å². The Morgan fingerprint density at radius 2 is 1.80 bits per heavy atom. The summed E-state index contributed by atoms with van der Waals surface area (Å²) in [6.07, 6.45) is 6.35. The molecule has 0 spiro atoms. The van der Waals surface area contributed by atoms with Crippen molar-refractivity contribution in [3.8, 4) is 0 Å². The number of aromatic nitrogens is 2. The van der Waals surface area contributed by atoms with Crippen LogP contribution in [0.15, 0.2) is 30.6 Å². The van der Waals surface area contributed by atoms with Gasteiger partial charge in [-0.2, -0.15) is 0 Å². The van der Waals surface area contributed by atoms with E-state index in [-0.39, 0.29) is 11.8 Å². The summed E-state index contributed by atoms with van der Waals surface area (Å²) >= 11 is 1.79. The van der Waals surface area contributed by atoms with Crippen LogP contribution in [0.3, 0.4) is 0 Å². The van der Waals surface area contributed by atoms with Crippen molar-refractivity contribution in [2.75, 3.05) is 18.4 Å². The predicted molar refractivity (Wildman–Crippen MR) is 119 cm³/mol. The number of fused-ring (bicyclic) bond motifs is 3. The highest BCUT2D eigenvalue weighted by Gasteiger charge is 2.19. The summed E-state index contributed by atoms with van der Waals surface area (Å²) in [5.41, 5.74) is 3.08. The van der Waals surface area contributed by atoms with E-state index in [0.717, 1.165) is 29.1 Å². The first-order valence-corrected chi connectivity index (χ1v) is 11.0. The van der Waals surface area contributed by atoms with Gasteiger partial charge in [0.1, 0.15) is 17.0 Å². The standard InChI is InChI=1S/C22H25N5O2S/c1-14(28)23-10-11-24-21(29)16-8-6-15(7-9-16)12-25-20-19-17-4-2-3-5-18(17)30-22(19)27-13-26-20/h6-9,13H,2-5,10-12H2,1H3,(H,23,28)(H,24,29)(H,25,26,27). The van der Waals surface area contributed by atoms with Crippen LogP contribution in [0.1, 0.15) is 46.1 Å². The van der Waals surface area contributed by atoms with Crippen molar-refractivity contribution in [1.82, 2.24) is 20.6 Å².